The van der Waals surface area contributed by atoms with E-state index >= 15 is 0 Å². The van der Waals surface area contributed by atoms with Gasteiger partial charge in [-0.05, 0) is 23.6 Å². The normalized spacial score (nSPS) is 12.0. The number of thiophene rings is 1. The average molecular weight is 263 g/mol. The Morgan fingerprint density at radius 3 is 2.56 bits per heavy atom. The Morgan fingerprint density at radius 1 is 1.22 bits per heavy atom. The van der Waals surface area contributed by atoms with E-state index in [1.54, 1.807) is 0 Å². The standard InChI is InChI=1S/C14H21N3S/c1-14(2,3)13-6-5-12(18-13)10-15-9-11-7-8-16-17(11)4/h5-8,15H,9-10H2,1-4H3. The quantitative estimate of drug-likeness (QED) is 0.918. The minimum atomic E-state index is 0.255. The number of aromatic nitrogens is 2. The molecule has 0 aliphatic heterocycles. The van der Waals surface area contributed by atoms with Crippen molar-refractivity contribution in [2.75, 3.05) is 0 Å². The summed E-state index contributed by atoms with van der Waals surface area (Å²) < 4.78 is 1.90. The maximum absolute atomic E-state index is 4.16. The molecule has 0 fully saturated rings. The van der Waals surface area contributed by atoms with Gasteiger partial charge in [-0.2, -0.15) is 5.10 Å². The van der Waals surface area contributed by atoms with Crippen LogP contribution in [0.3, 0.4) is 0 Å². The Hall–Kier alpha value is -1.13. The fourth-order valence-electron chi connectivity index (χ4n) is 1.76. The summed E-state index contributed by atoms with van der Waals surface area (Å²) in [5.41, 5.74) is 1.47. The summed E-state index contributed by atoms with van der Waals surface area (Å²) in [7, 11) is 1.97. The Labute approximate surface area is 113 Å². The number of nitrogens with zero attached hydrogens (tertiary/aromatic N) is 2. The van der Waals surface area contributed by atoms with E-state index in [-0.39, 0.29) is 5.41 Å². The van der Waals surface area contributed by atoms with Gasteiger partial charge in [-0.3, -0.25) is 4.68 Å². The molecular formula is C14H21N3S. The van der Waals surface area contributed by atoms with Crippen LogP contribution >= 0.6 is 11.3 Å². The second kappa shape index (κ2) is 5.24. The van der Waals surface area contributed by atoms with Crippen LogP contribution < -0.4 is 5.32 Å². The second-order valence-electron chi connectivity index (χ2n) is 5.57. The van der Waals surface area contributed by atoms with Crippen molar-refractivity contribution in [1.29, 1.82) is 0 Å². The summed E-state index contributed by atoms with van der Waals surface area (Å²) in [6.45, 7) is 8.55. The van der Waals surface area contributed by atoms with Crippen LogP contribution in [0.2, 0.25) is 0 Å². The van der Waals surface area contributed by atoms with Crippen LogP contribution in [0.1, 0.15) is 36.2 Å². The zero-order valence-electron chi connectivity index (χ0n) is 11.5. The van der Waals surface area contributed by atoms with E-state index in [1.807, 2.05) is 35.3 Å². The molecule has 0 spiro atoms. The predicted molar refractivity (Wildman–Crippen MR) is 76.8 cm³/mol. The molecule has 98 valence electrons. The number of hydrogen-bond donors (Lipinski definition) is 1. The monoisotopic (exact) mass is 263 g/mol. The van der Waals surface area contributed by atoms with Gasteiger partial charge in [-0.25, -0.2) is 0 Å². The molecule has 0 bridgehead atoms. The van der Waals surface area contributed by atoms with Gasteiger partial charge < -0.3 is 5.32 Å². The van der Waals surface area contributed by atoms with Crippen molar-refractivity contribution >= 4 is 11.3 Å². The average Bonchev–Trinajstić information content (AvgIpc) is 2.88. The third-order valence-corrected chi connectivity index (χ3v) is 4.44. The lowest BCUT2D eigenvalue weighted by molar-refractivity contribution is 0.604. The molecule has 0 aliphatic carbocycles. The van der Waals surface area contributed by atoms with E-state index in [0.717, 1.165) is 13.1 Å². The molecule has 0 saturated carbocycles. The summed E-state index contributed by atoms with van der Waals surface area (Å²) in [5.74, 6) is 0. The minimum absolute atomic E-state index is 0.255. The van der Waals surface area contributed by atoms with Crippen LogP contribution in [-0.4, -0.2) is 9.78 Å². The molecule has 1 N–H and O–H groups in total. The molecule has 2 heterocycles. The van der Waals surface area contributed by atoms with Gasteiger partial charge in [-0.1, -0.05) is 20.8 Å². The number of nitrogens with one attached hydrogen (secondary N) is 1. The zero-order chi connectivity index (χ0) is 13.2. The SMILES string of the molecule is Cn1nccc1CNCc1ccc(C(C)(C)C)s1. The highest BCUT2D eigenvalue weighted by Crippen LogP contribution is 2.29. The van der Waals surface area contributed by atoms with E-state index in [4.69, 9.17) is 0 Å². The Morgan fingerprint density at radius 2 is 2.00 bits per heavy atom. The molecule has 0 unspecified atom stereocenters. The van der Waals surface area contributed by atoms with Gasteiger partial charge in [0.25, 0.3) is 0 Å². The summed E-state index contributed by atoms with van der Waals surface area (Å²) in [5, 5.41) is 7.62. The molecule has 0 aromatic carbocycles. The molecule has 0 amide bonds. The van der Waals surface area contributed by atoms with Gasteiger partial charge >= 0.3 is 0 Å². The minimum Gasteiger partial charge on any atom is -0.306 e. The highest BCUT2D eigenvalue weighted by Gasteiger charge is 2.15. The lowest BCUT2D eigenvalue weighted by Gasteiger charge is -2.15. The molecule has 2 aromatic heterocycles. The van der Waals surface area contributed by atoms with Gasteiger partial charge in [0.2, 0.25) is 0 Å². The first-order valence-corrected chi connectivity index (χ1v) is 7.05. The van der Waals surface area contributed by atoms with Gasteiger partial charge in [-0.15, -0.1) is 11.3 Å². The largest absolute Gasteiger partial charge is 0.306 e. The highest BCUT2D eigenvalue weighted by atomic mass is 32.1. The molecule has 0 atom stereocenters. The fraction of sp³-hybridized carbons (Fsp3) is 0.500. The van der Waals surface area contributed by atoms with Crippen LogP contribution in [0, 0.1) is 0 Å². The Balaban J connectivity index is 1.88. The molecule has 0 radical (unpaired) electrons. The molecule has 2 rings (SSSR count). The third kappa shape index (κ3) is 3.21. The zero-order valence-corrected chi connectivity index (χ0v) is 12.3. The van der Waals surface area contributed by atoms with Crippen molar-refractivity contribution in [1.82, 2.24) is 15.1 Å². The lowest BCUT2D eigenvalue weighted by Crippen LogP contribution is -2.14. The molecule has 0 aliphatic rings. The van der Waals surface area contributed by atoms with Crippen molar-refractivity contribution in [2.24, 2.45) is 7.05 Å². The Kier molecular flexibility index (Phi) is 3.88. The van der Waals surface area contributed by atoms with Crippen molar-refractivity contribution < 1.29 is 0 Å². The lowest BCUT2D eigenvalue weighted by atomic mass is 9.95. The fourth-order valence-corrected chi connectivity index (χ4v) is 2.80. The maximum Gasteiger partial charge on any atom is 0.0518 e. The van der Waals surface area contributed by atoms with Crippen LogP contribution in [0.25, 0.3) is 0 Å². The van der Waals surface area contributed by atoms with Crippen molar-refractivity contribution in [3.8, 4) is 0 Å². The summed E-state index contributed by atoms with van der Waals surface area (Å²) in [6, 6.07) is 6.51. The topological polar surface area (TPSA) is 29.9 Å². The van der Waals surface area contributed by atoms with Crippen molar-refractivity contribution in [3.05, 3.63) is 39.8 Å². The number of hydrogen-bond acceptors (Lipinski definition) is 3. The smallest absolute Gasteiger partial charge is 0.0518 e. The molecule has 18 heavy (non-hydrogen) atoms. The van der Waals surface area contributed by atoms with Gasteiger partial charge in [0.05, 0.1) is 5.69 Å². The van der Waals surface area contributed by atoms with E-state index in [0.29, 0.717) is 0 Å². The predicted octanol–water partition coefficient (Wildman–Crippen LogP) is 3.07. The van der Waals surface area contributed by atoms with Crippen LogP contribution in [0.5, 0.6) is 0 Å². The summed E-state index contributed by atoms with van der Waals surface area (Å²) in [6.07, 6.45) is 1.83. The van der Waals surface area contributed by atoms with Gasteiger partial charge in [0.15, 0.2) is 0 Å². The summed E-state index contributed by atoms with van der Waals surface area (Å²) >= 11 is 1.90. The van der Waals surface area contributed by atoms with Gasteiger partial charge in [0, 0.05) is 36.1 Å². The molecule has 4 heteroatoms. The van der Waals surface area contributed by atoms with Gasteiger partial charge in [0.1, 0.15) is 0 Å². The number of aryl methyl sites for hydroxylation is 1. The van der Waals surface area contributed by atoms with E-state index in [2.05, 4.69) is 43.3 Å². The first kappa shape index (κ1) is 13.3. The van der Waals surface area contributed by atoms with E-state index in [1.165, 1.54) is 15.4 Å². The summed E-state index contributed by atoms with van der Waals surface area (Å²) in [4.78, 5) is 2.84. The van der Waals surface area contributed by atoms with Crippen molar-refractivity contribution in [2.45, 2.75) is 39.3 Å². The van der Waals surface area contributed by atoms with Crippen LogP contribution in [-0.2, 0) is 25.6 Å². The molecule has 0 saturated heterocycles. The van der Waals surface area contributed by atoms with Crippen LogP contribution in [0.15, 0.2) is 24.4 Å². The molecular weight excluding hydrogens is 242 g/mol. The highest BCUT2D eigenvalue weighted by molar-refractivity contribution is 7.12. The Bertz CT molecular complexity index is 505. The maximum atomic E-state index is 4.16. The second-order valence-corrected chi connectivity index (χ2v) is 6.73. The third-order valence-electron chi connectivity index (χ3n) is 2.93. The first-order valence-electron chi connectivity index (χ1n) is 6.23. The first-order chi connectivity index (χ1) is 8.47. The van der Waals surface area contributed by atoms with E-state index in [9.17, 15) is 0 Å². The number of rotatable bonds is 4. The molecule has 3 nitrogen and oxygen atoms in total. The van der Waals surface area contributed by atoms with E-state index < -0.39 is 0 Å². The van der Waals surface area contributed by atoms with Crippen LogP contribution in [0.4, 0.5) is 0 Å². The van der Waals surface area contributed by atoms with Crippen molar-refractivity contribution in [3.63, 3.8) is 0 Å². The molecule has 2 aromatic rings.